The van der Waals surface area contributed by atoms with Crippen molar-refractivity contribution in [3.8, 4) is 16.9 Å². The first-order chi connectivity index (χ1) is 12.8. The molecule has 0 fully saturated rings. The van der Waals surface area contributed by atoms with E-state index in [0.717, 1.165) is 29.9 Å². The third kappa shape index (κ3) is 6.97. The van der Waals surface area contributed by atoms with Crippen molar-refractivity contribution in [2.75, 3.05) is 13.2 Å². The van der Waals surface area contributed by atoms with Crippen LogP contribution in [0.2, 0.25) is 0 Å². The zero-order valence-electron chi connectivity index (χ0n) is 17.0. The van der Waals surface area contributed by atoms with Crippen LogP contribution in [0.5, 0.6) is 5.75 Å². The fourth-order valence-electron chi connectivity index (χ4n) is 2.64. The molecule has 4 heteroatoms. The fourth-order valence-corrected chi connectivity index (χ4v) is 2.64. The van der Waals surface area contributed by atoms with Gasteiger partial charge in [0.15, 0.2) is 0 Å². The van der Waals surface area contributed by atoms with Crippen LogP contribution < -0.4 is 10.1 Å². The van der Waals surface area contributed by atoms with Crippen LogP contribution in [0.1, 0.15) is 52.5 Å². The summed E-state index contributed by atoms with van der Waals surface area (Å²) in [6.45, 7) is 11.0. The van der Waals surface area contributed by atoms with E-state index in [1.54, 1.807) is 0 Å². The van der Waals surface area contributed by atoms with Crippen LogP contribution in [-0.2, 0) is 4.74 Å². The van der Waals surface area contributed by atoms with E-state index in [0.29, 0.717) is 6.54 Å². The number of alkyl carbamates (subject to hydrolysis) is 1. The van der Waals surface area contributed by atoms with Gasteiger partial charge in [0.25, 0.3) is 0 Å². The SMILES string of the molecule is CCCOc1ccc(-c2ccc(C(C)CNC(=O)OC(C)(C)C)cc2)cc1. The number of nitrogens with one attached hydrogen (secondary N) is 1. The first kappa shape index (κ1) is 20.8. The standard InChI is InChI=1S/C23H31NO3/c1-6-15-26-21-13-11-20(12-14-21)19-9-7-18(8-10-19)17(2)16-24-22(25)27-23(3,4)5/h7-14,17H,6,15-16H2,1-5H3,(H,24,25). The number of carbonyl (C=O) groups is 1. The first-order valence-electron chi connectivity index (χ1n) is 9.58. The Balaban J connectivity index is 1.93. The molecule has 0 saturated heterocycles. The third-order valence-corrected chi connectivity index (χ3v) is 4.09. The van der Waals surface area contributed by atoms with Crippen LogP contribution in [0.4, 0.5) is 4.79 Å². The molecule has 0 aliphatic heterocycles. The molecule has 2 aromatic rings. The first-order valence-corrected chi connectivity index (χ1v) is 9.58. The molecule has 1 atom stereocenters. The van der Waals surface area contributed by atoms with E-state index >= 15 is 0 Å². The molecule has 2 rings (SSSR count). The molecular formula is C23H31NO3. The minimum Gasteiger partial charge on any atom is -0.494 e. The summed E-state index contributed by atoms with van der Waals surface area (Å²) in [5, 5.41) is 2.83. The van der Waals surface area contributed by atoms with Crippen LogP contribution in [0, 0.1) is 0 Å². The summed E-state index contributed by atoms with van der Waals surface area (Å²) in [5.41, 5.74) is 3.02. The monoisotopic (exact) mass is 369 g/mol. The van der Waals surface area contributed by atoms with E-state index in [9.17, 15) is 4.79 Å². The lowest BCUT2D eigenvalue weighted by Crippen LogP contribution is -2.34. The molecule has 2 aromatic carbocycles. The van der Waals surface area contributed by atoms with Gasteiger partial charge in [0.1, 0.15) is 11.4 Å². The van der Waals surface area contributed by atoms with Gasteiger partial charge in [-0.25, -0.2) is 4.79 Å². The lowest BCUT2D eigenvalue weighted by Gasteiger charge is -2.21. The molecule has 146 valence electrons. The molecular weight excluding hydrogens is 338 g/mol. The van der Waals surface area contributed by atoms with Crippen molar-refractivity contribution in [1.29, 1.82) is 0 Å². The van der Waals surface area contributed by atoms with Gasteiger partial charge in [-0.15, -0.1) is 0 Å². The van der Waals surface area contributed by atoms with Gasteiger partial charge in [-0.2, -0.15) is 0 Å². The number of hydrogen-bond acceptors (Lipinski definition) is 3. The van der Waals surface area contributed by atoms with Gasteiger partial charge in [-0.05, 0) is 61.9 Å². The van der Waals surface area contributed by atoms with Crippen molar-refractivity contribution in [3.63, 3.8) is 0 Å². The lowest BCUT2D eigenvalue weighted by molar-refractivity contribution is 0.0525. The van der Waals surface area contributed by atoms with E-state index in [-0.39, 0.29) is 12.0 Å². The summed E-state index contributed by atoms with van der Waals surface area (Å²) in [5.74, 6) is 1.11. The highest BCUT2D eigenvalue weighted by Crippen LogP contribution is 2.25. The Bertz CT molecular complexity index is 715. The molecule has 0 saturated carbocycles. The molecule has 0 heterocycles. The highest BCUT2D eigenvalue weighted by atomic mass is 16.6. The third-order valence-electron chi connectivity index (χ3n) is 4.09. The fraction of sp³-hybridized carbons (Fsp3) is 0.435. The summed E-state index contributed by atoms with van der Waals surface area (Å²) < 4.78 is 10.9. The van der Waals surface area contributed by atoms with Gasteiger partial charge in [0.05, 0.1) is 6.61 Å². The van der Waals surface area contributed by atoms with Crippen molar-refractivity contribution in [2.24, 2.45) is 0 Å². The van der Waals surface area contributed by atoms with Crippen LogP contribution in [-0.4, -0.2) is 24.8 Å². The Morgan fingerprint density at radius 3 is 2.07 bits per heavy atom. The molecule has 1 unspecified atom stereocenters. The molecule has 1 N–H and O–H groups in total. The summed E-state index contributed by atoms with van der Waals surface area (Å²) in [4.78, 5) is 11.8. The zero-order chi connectivity index (χ0) is 19.9. The molecule has 1 amide bonds. The normalized spacial score (nSPS) is 12.3. The highest BCUT2D eigenvalue weighted by Gasteiger charge is 2.16. The van der Waals surface area contributed by atoms with Crippen molar-refractivity contribution in [1.82, 2.24) is 5.32 Å². The van der Waals surface area contributed by atoms with E-state index < -0.39 is 5.60 Å². The molecule has 0 radical (unpaired) electrons. The molecule has 0 spiro atoms. The van der Waals surface area contributed by atoms with Crippen molar-refractivity contribution >= 4 is 6.09 Å². The van der Waals surface area contributed by atoms with E-state index in [4.69, 9.17) is 9.47 Å². The molecule has 27 heavy (non-hydrogen) atoms. The Hall–Kier alpha value is -2.49. The maximum Gasteiger partial charge on any atom is 0.407 e. The van der Waals surface area contributed by atoms with Crippen molar-refractivity contribution in [3.05, 3.63) is 54.1 Å². The highest BCUT2D eigenvalue weighted by molar-refractivity contribution is 5.68. The smallest absolute Gasteiger partial charge is 0.407 e. The average molecular weight is 370 g/mol. The van der Waals surface area contributed by atoms with Gasteiger partial charge in [-0.1, -0.05) is 50.2 Å². The van der Waals surface area contributed by atoms with Crippen molar-refractivity contribution in [2.45, 2.75) is 52.6 Å². The van der Waals surface area contributed by atoms with Gasteiger partial charge < -0.3 is 14.8 Å². The zero-order valence-corrected chi connectivity index (χ0v) is 17.0. The topological polar surface area (TPSA) is 47.6 Å². The van der Waals surface area contributed by atoms with Crippen LogP contribution in [0.15, 0.2) is 48.5 Å². The second-order valence-electron chi connectivity index (χ2n) is 7.78. The quantitative estimate of drug-likeness (QED) is 0.674. The number of benzene rings is 2. The van der Waals surface area contributed by atoms with Crippen LogP contribution >= 0.6 is 0 Å². The average Bonchev–Trinajstić information content (AvgIpc) is 2.63. The lowest BCUT2D eigenvalue weighted by atomic mass is 9.97. The minimum absolute atomic E-state index is 0.205. The van der Waals surface area contributed by atoms with Gasteiger partial charge in [0.2, 0.25) is 0 Å². The Labute approximate surface area is 162 Å². The number of rotatable bonds is 7. The second kappa shape index (κ2) is 9.45. The van der Waals surface area contributed by atoms with E-state index in [1.165, 1.54) is 5.56 Å². The van der Waals surface area contributed by atoms with Crippen LogP contribution in [0.25, 0.3) is 11.1 Å². The Kier molecular flexibility index (Phi) is 7.28. The number of carbonyl (C=O) groups excluding carboxylic acids is 1. The second-order valence-corrected chi connectivity index (χ2v) is 7.78. The maximum absolute atomic E-state index is 11.8. The maximum atomic E-state index is 11.8. The number of hydrogen-bond donors (Lipinski definition) is 1. The Morgan fingerprint density at radius 1 is 1.00 bits per heavy atom. The molecule has 0 aromatic heterocycles. The summed E-state index contributed by atoms with van der Waals surface area (Å²) in [6, 6.07) is 16.6. The molecule has 0 aliphatic rings. The summed E-state index contributed by atoms with van der Waals surface area (Å²) >= 11 is 0. The largest absolute Gasteiger partial charge is 0.494 e. The molecule has 0 bridgehead atoms. The minimum atomic E-state index is -0.480. The number of ether oxygens (including phenoxy) is 2. The van der Waals surface area contributed by atoms with Gasteiger partial charge in [-0.3, -0.25) is 0 Å². The summed E-state index contributed by atoms with van der Waals surface area (Å²) in [6.07, 6.45) is 0.626. The predicted molar refractivity (Wildman–Crippen MR) is 110 cm³/mol. The van der Waals surface area contributed by atoms with E-state index in [2.05, 4.69) is 55.6 Å². The molecule has 0 aliphatic carbocycles. The van der Waals surface area contributed by atoms with E-state index in [1.807, 2.05) is 32.9 Å². The Morgan fingerprint density at radius 2 is 1.56 bits per heavy atom. The van der Waals surface area contributed by atoms with Crippen molar-refractivity contribution < 1.29 is 14.3 Å². The summed E-state index contributed by atoms with van der Waals surface area (Å²) in [7, 11) is 0. The molecule has 4 nitrogen and oxygen atoms in total. The number of amides is 1. The van der Waals surface area contributed by atoms with Crippen LogP contribution in [0.3, 0.4) is 0 Å². The predicted octanol–water partition coefficient (Wildman–Crippen LogP) is 5.77. The van der Waals surface area contributed by atoms with Gasteiger partial charge in [0, 0.05) is 6.54 Å². The van der Waals surface area contributed by atoms with Gasteiger partial charge >= 0.3 is 6.09 Å².